The lowest BCUT2D eigenvalue weighted by Crippen LogP contribution is -2.50. The number of carbonyl (C=O) groups is 5. The zero-order valence-corrected chi connectivity index (χ0v) is 17.6. The molecule has 9 heteroatoms. The summed E-state index contributed by atoms with van der Waals surface area (Å²) < 4.78 is 5.15. The Hall–Kier alpha value is -2.45. The number of imide groups is 2. The highest BCUT2D eigenvalue weighted by Gasteiger charge is 2.51. The molecule has 3 fully saturated rings. The summed E-state index contributed by atoms with van der Waals surface area (Å²) in [6.45, 7) is 2.77. The Morgan fingerprint density at radius 2 is 1.43 bits per heavy atom. The van der Waals surface area contributed by atoms with Crippen molar-refractivity contribution in [2.45, 2.75) is 89.8 Å². The summed E-state index contributed by atoms with van der Waals surface area (Å²) in [6.07, 6.45) is 6.86. The number of rotatable bonds is 5. The van der Waals surface area contributed by atoms with Crippen LogP contribution in [0.15, 0.2) is 0 Å². The third-order valence-electron chi connectivity index (χ3n) is 6.44. The maximum Gasteiger partial charge on any atom is 0.329 e. The fourth-order valence-electron chi connectivity index (χ4n) is 4.68. The van der Waals surface area contributed by atoms with Crippen LogP contribution in [-0.2, 0) is 23.9 Å². The van der Waals surface area contributed by atoms with E-state index >= 15 is 0 Å². The molecule has 3 aliphatic rings. The van der Waals surface area contributed by atoms with Crippen molar-refractivity contribution in [2.24, 2.45) is 11.8 Å². The SMILES string of the molecule is C[C@H](OC(=O)[C@H](C)N1C(=O)[C@H]2CCCC[C@H]2C1=O)C(=O)NC(=O)NC1CCCCC1. The second kappa shape index (κ2) is 9.57. The molecule has 9 nitrogen and oxygen atoms in total. The van der Waals surface area contributed by atoms with E-state index in [-0.39, 0.29) is 29.7 Å². The zero-order chi connectivity index (χ0) is 21.8. The monoisotopic (exact) mass is 421 g/mol. The smallest absolute Gasteiger partial charge is 0.329 e. The summed E-state index contributed by atoms with van der Waals surface area (Å²) in [5.41, 5.74) is 0. The maximum absolute atomic E-state index is 12.6. The lowest BCUT2D eigenvalue weighted by Gasteiger charge is -2.24. The highest BCUT2D eigenvalue weighted by atomic mass is 16.5. The number of ether oxygens (including phenoxy) is 1. The highest BCUT2D eigenvalue weighted by molar-refractivity contribution is 6.08. The summed E-state index contributed by atoms with van der Waals surface area (Å²) in [4.78, 5) is 62.9. The highest BCUT2D eigenvalue weighted by Crippen LogP contribution is 2.38. The third-order valence-corrected chi connectivity index (χ3v) is 6.44. The lowest BCUT2D eigenvalue weighted by molar-refractivity contribution is -0.163. The van der Waals surface area contributed by atoms with Crippen LogP contribution in [0.25, 0.3) is 0 Å². The van der Waals surface area contributed by atoms with Crippen LogP contribution < -0.4 is 10.6 Å². The molecule has 0 radical (unpaired) electrons. The Balaban J connectivity index is 1.50. The Kier molecular flexibility index (Phi) is 7.10. The normalized spacial score (nSPS) is 26.5. The Morgan fingerprint density at radius 3 is 2.00 bits per heavy atom. The molecule has 166 valence electrons. The average Bonchev–Trinajstić information content (AvgIpc) is 2.98. The van der Waals surface area contributed by atoms with Gasteiger partial charge in [0.05, 0.1) is 11.8 Å². The molecule has 0 aromatic heterocycles. The van der Waals surface area contributed by atoms with Gasteiger partial charge >= 0.3 is 12.0 Å². The molecule has 1 aliphatic heterocycles. The number of hydrogen-bond donors (Lipinski definition) is 2. The number of hydrogen-bond acceptors (Lipinski definition) is 6. The molecule has 5 amide bonds. The molecule has 0 spiro atoms. The molecular formula is C21H31N3O6. The molecule has 4 atom stereocenters. The van der Waals surface area contributed by atoms with E-state index in [2.05, 4.69) is 10.6 Å². The van der Waals surface area contributed by atoms with E-state index in [4.69, 9.17) is 4.74 Å². The molecule has 2 aliphatic carbocycles. The summed E-state index contributed by atoms with van der Waals surface area (Å²) in [6, 6.07) is -1.68. The predicted octanol–water partition coefficient (Wildman–Crippen LogP) is 1.64. The van der Waals surface area contributed by atoms with E-state index in [1.165, 1.54) is 13.8 Å². The van der Waals surface area contributed by atoms with Crippen molar-refractivity contribution in [3.8, 4) is 0 Å². The van der Waals surface area contributed by atoms with Crippen LogP contribution in [0.2, 0.25) is 0 Å². The van der Waals surface area contributed by atoms with E-state index in [0.717, 1.165) is 49.8 Å². The van der Waals surface area contributed by atoms with Crippen molar-refractivity contribution in [3.63, 3.8) is 0 Å². The number of urea groups is 1. The molecule has 30 heavy (non-hydrogen) atoms. The summed E-state index contributed by atoms with van der Waals surface area (Å²) >= 11 is 0. The minimum Gasteiger partial charge on any atom is -0.451 e. The van der Waals surface area contributed by atoms with E-state index in [1.54, 1.807) is 0 Å². The fourth-order valence-corrected chi connectivity index (χ4v) is 4.68. The first-order valence-electron chi connectivity index (χ1n) is 11.0. The minimum absolute atomic E-state index is 0.0418. The van der Waals surface area contributed by atoms with Gasteiger partial charge in [-0.05, 0) is 39.5 Å². The second-order valence-corrected chi connectivity index (χ2v) is 8.60. The summed E-state index contributed by atoms with van der Waals surface area (Å²) in [7, 11) is 0. The lowest BCUT2D eigenvalue weighted by atomic mass is 9.81. The van der Waals surface area contributed by atoms with Gasteiger partial charge in [-0.3, -0.25) is 24.6 Å². The largest absolute Gasteiger partial charge is 0.451 e. The second-order valence-electron chi connectivity index (χ2n) is 8.60. The standard InChI is InChI=1S/C21H31N3O6/c1-12(24-18(26)15-10-6-7-11-16(15)19(24)27)20(28)30-13(2)17(25)23-21(29)22-14-8-4-3-5-9-14/h12-16H,3-11H2,1-2H3,(H2,22,23,25,29)/t12-,13-,15-,16+/m0/s1. The molecule has 0 aromatic rings. The fraction of sp³-hybridized carbons (Fsp3) is 0.762. The number of esters is 1. The molecule has 1 saturated heterocycles. The molecule has 2 N–H and O–H groups in total. The first-order chi connectivity index (χ1) is 14.3. The van der Waals surface area contributed by atoms with E-state index < -0.39 is 30.1 Å². The molecule has 0 unspecified atom stereocenters. The summed E-state index contributed by atoms with van der Waals surface area (Å²) in [5.74, 6) is -2.98. The molecular weight excluding hydrogens is 390 g/mol. The number of likely N-dealkylation sites (tertiary alicyclic amines) is 1. The van der Waals surface area contributed by atoms with Gasteiger partial charge < -0.3 is 10.1 Å². The third kappa shape index (κ3) is 4.82. The van der Waals surface area contributed by atoms with Gasteiger partial charge in [-0.15, -0.1) is 0 Å². The van der Waals surface area contributed by atoms with Gasteiger partial charge in [-0.2, -0.15) is 0 Å². The van der Waals surface area contributed by atoms with Gasteiger partial charge in [0.15, 0.2) is 6.10 Å². The Morgan fingerprint density at radius 1 is 0.900 bits per heavy atom. The first-order valence-corrected chi connectivity index (χ1v) is 11.0. The maximum atomic E-state index is 12.6. The van der Waals surface area contributed by atoms with Gasteiger partial charge in [0.2, 0.25) is 11.8 Å². The first kappa shape index (κ1) is 22.2. The van der Waals surface area contributed by atoms with Crippen LogP contribution >= 0.6 is 0 Å². The van der Waals surface area contributed by atoms with Gasteiger partial charge in [0.25, 0.3) is 5.91 Å². The number of fused-ring (bicyclic) bond motifs is 1. The Labute approximate surface area is 176 Å². The van der Waals surface area contributed by atoms with Crippen LogP contribution in [0.5, 0.6) is 0 Å². The topological polar surface area (TPSA) is 122 Å². The number of nitrogens with one attached hydrogen (secondary N) is 2. The van der Waals surface area contributed by atoms with Crippen molar-refractivity contribution in [1.82, 2.24) is 15.5 Å². The molecule has 3 rings (SSSR count). The van der Waals surface area contributed by atoms with Crippen molar-refractivity contribution < 1.29 is 28.7 Å². The van der Waals surface area contributed by atoms with Gasteiger partial charge in [0.1, 0.15) is 6.04 Å². The van der Waals surface area contributed by atoms with Crippen molar-refractivity contribution in [1.29, 1.82) is 0 Å². The number of nitrogens with zero attached hydrogens (tertiary/aromatic N) is 1. The van der Waals surface area contributed by atoms with Crippen LogP contribution in [-0.4, -0.2) is 52.8 Å². The van der Waals surface area contributed by atoms with E-state index in [9.17, 15) is 24.0 Å². The number of amides is 5. The van der Waals surface area contributed by atoms with Crippen molar-refractivity contribution in [3.05, 3.63) is 0 Å². The molecule has 1 heterocycles. The van der Waals surface area contributed by atoms with E-state index in [0.29, 0.717) is 12.8 Å². The zero-order valence-electron chi connectivity index (χ0n) is 17.6. The predicted molar refractivity (Wildman–Crippen MR) is 106 cm³/mol. The van der Waals surface area contributed by atoms with Crippen LogP contribution in [0, 0.1) is 11.8 Å². The van der Waals surface area contributed by atoms with Crippen LogP contribution in [0.1, 0.15) is 71.6 Å². The van der Waals surface area contributed by atoms with Gasteiger partial charge in [-0.1, -0.05) is 32.1 Å². The molecule has 0 bridgehead atoms. The molecule has 0 aromatic carbocycles. The Bertz CT molecular complexity index is 694. The van der Waals surface area contributed by atoms with E-state index in [1.807, 2.05) is 0 Å². The van der Waals surface area contributed by atoms with Crippen molar-refractivity contribution >= 4 is 29.7 Å². The average molecular weight is 421 g/mol. The number of carbonyl (C=O) groups excluding carboxylic acids is 5. The van der Waals surface area contributed by atoms with Crippen molar-refractivity contribution in [2.75, 3.05) is 0 Å². The van der Waals surface area contributed by atoms with Gasteiger partial charge in [0, 0.05) is 6.04 Å². The summed E-state index contributed by atoms with van der Waals surface area (Å²) in [5, 5.41) is 4.94. The van der Waals surface area contributed by atoms with Crippen LogP contribution in [0.4, 0.5) is 4.79 Å². The van der Waals surface area contributed by atoms with Crippen LogP contribution in [0.3, 0.4) is 0 Å². The quantitative estimate of drug-likeness (QED) is 0.514. The van der Waals surface area contributed by atoms with Gasteiger partial charge in [-0.25, -0.2) is 9.59 Å². The molecule has 2 saturated carbocycles. The minimum atomic E-state index is -1.23.